The van der Waals surface area contributed by atoms with Crippen LogP contribution in [0.15, 0.2) is 60.7 Å². The summed E-state index contributed by atoms with van der Waals surface area (Å²) in [6, 6.07) is 13.3. The standard InChI is InChI=1S/C31H37F5N4O4S/c1-2-38-22-16-23(29(33)27(17-22)40-12-6-7-13-45(40,43)44)30(42)39-26(15-20-8-4-3-5-9-20)28(41)19-37-18-21-10-11-25(32)24(14-21)31(34,35)36/h3-5,8-11,14,16-17,26,28,37-38,41,43-44H,2,6-7,12-13,15,18-19H2,1H3,(H,39,42)/t26-,28+/m0/s1. The largest absolute Gasteiger partial charge is 0.419 e. The molecule has 8 nitrogen and oxygen atoms in total. The SMILES string of the molecule is CCNc1cc(C(=O)N[C@@H](Cc2ccccc2)[C@H](O)CNCc2ccc(F)c(C(F)(F)F)c2)c(F)c(N2CCCCS2(O)O)c1. The van der Waals surface area contributed by atoms with E-state index in [0.29, 0.717) is 31.1 Å². The molecule has 3 aromatic rings. The monoisotopic (exact) mass is 656 g/mol. The van der Waals surface area contributed by atoms with Gasteiger partial charge in [-0.3, -0.25) is 18.2 Å². The van der Waals surface area contributed by atoms with Crippen molar-refractivity contribution in [1.29, 1.82) is 0 Å². The summed E-state index contributed by atoms with van der Waals surface area (Å²) in [7, 11) is -3.29. The Labute approximate surface area is 260 Å². The molecule has 0 radical (unpaired) electrons. The van der Waals surface area contributed by atoms with Crippen LogP contribution >= 0.6 is 10.8 Å². The smallest absolute Gasteiger partial charge is 0.390 e. The van der Waals surface area contributed by atoms with Gasteiger partial charge in [-0.05, 0) is 61.6 Å². The van der Waals surface area contributed by atoms with Gasteiger partial charge in [0.2, 0.25) is 0 Å². The molecule has 45 heavy (non-hydrogen) atoms. The Morgan fingerprint density at radius 3 is 2.42 bits per heavy atom. The Kier molecular flexibility index (Phi) is 11.3. The lowest BCUT2D eigenvalue weighted by Gasteiger charge is -2.47. The Hall–Kier alpha value is -3.43. The van der Waals surface area contributed by atoms with Gasteiger partial charge in [0.25, 0.3) is 5.91 Å². The summed E-state index contributed by atoms with van der Waals surface area (Å²) in [6.07, 6.45) is -4.83. The van der Waals surface area contributed by atoms with Crippen molar-refractivity contribution in [2.45, 2.75) is 51.1 Å². The van der Waals surface area contributed by atoms with Crippen LogP contribution in [-0.4, -0.2) is 57.7 Å². The van der Waals surface area contributed by atoms with Crippen molar-refractivity contribution in [2.24, 2.45) is 0 Å². The quantitative estimate of drug-likeness (QED) is 0.129. The van der Waals surface area contributed by atoms with E-state index in [-0.39, 0.29) is 48.6 Å². The Balaban J connectivity index is 1.56. The van der Waals surface area contributed by atoms with Gasteiger partial charge < -0.3 is 21.1 Å². The summed E-state index contributed by atoms with van der Waals surface area (Å²) in [4.78, 5) is 13.6. The van der Waals surface area contributed by atoms with Crippen molar-refractivity contribution >= 4 is 28.1 Å². The van der Waals surface area contributed by atoms with Crippen LogP contribution < -0.4 is 20.3 Å². The molecular formula is C31H37F5N4O4S. The summed E-state index contributed by atoms with van der Waals surface area (Å²) < 4.78 is 91.5. The number of aliphatic hydroxyl groups excluding tert-OH is 1. The summed E-state index contributed by atoms with van der Waals surface area (Å²) in [5.74, 6) is -3.11. The number of halogens is 5. The van der Waals surface area contributed by atoms with Crippen LogP contribution in [0.4, 0.5) is 33.3 Å². The van der Waals surface area contributed by atoms with Crippen molar-refractivity contribution < 1.29 is 41.0 Å². The molecule has 1 amide bonds. The van der Waals surface area contributed by atoms with E-state index < -0.39 is 52.2 Å². The number of carbonyl (C=O) groups excluding carboxylic acids is 1. The molecule has 1 fully saturated rings. The highest BCUT2D eigenvalue weighted by molar-refractivity contribution is 8.25. The number of carbonyl (C=O) groups is 1. The Morgan fingerprint density at radius 1 is 1.02 bits per heavy atom. The van der Waals surface area contributed by atoms with Crippen molar-refractivity contribution in [1.82, 2.24) is 10.6 Å². The van der Waals surface area contributed by atoms with E-state index in [1.54, 1.807) is 30.3 Å². The first kappa shape index (κ1) is 34.4. The lowest BCUT2D eigenvalue weighted by molar-refractivity contribution is -0.140. The number of anilines is 2. The molecule has 0 unspecified atom stereocenters. The molecule has 2 atom stereocenters. The Bertz CT molecular complexity index is 1460. The van der Waals surface area contributed by atoms with E-state index in [2.05, 4.69) is 16.0 Å². The van der Waals surface area contributed by atoms with E-state index in [1.165, 1.54) is 22.5 Å². The fourth-order valence-electron chi connectivity index (χ4n) is 5.15. The van der Waals surface area contributed by atoms with Gasteiger partial charge in [0.15, 0.2) is 5.82 Å². The van der Waals surface area contributed by atoms with Gasteiger partial charge in [-0.2, -0.15) is 13.2 Å². The summed E-state index contributed by atoms with van der Waals surface area (Å²) in [5.41, 5.74) is -0.619. The molecule has 6 N–H and O–H groups in total. The minimum atomic E-state index is -4.87. The van der Waals surface area contributed by atoms with Gasteiger partial charge in [-0.15, -0.1) is 10.8 Å². The number of nitrogens with one attached hydrogen (secondary N) is 3. The maximum absolute atomic E-state index is 16.0. The zero-order valence-electron chi connectivity index (χ0n) is 24.6. The van der Waals surface area contributed by atoms with E-state index >= 15 is 4.39 Å². The van der Waals surface area contributed by atoms with Crippen LogP contribution in [0.2, 0.25) is 0 Å². The first-order valence-electron chi connectivity index (χ1n) is 14.5. The second kappa shape index (κ2) is 14.8. The fraction of sp³-hybridized carbons (Fsp3) is 0.387. The topological polar surface area (TPSA) is 117 Å². The molecule has 1 aliphatic rings. The molecule has 0 bridgehead atoms. The predicted octanol–water partition coefficient (Wildman–Crippen LogP) is 6.17. The number of nitrogens with zero attached hydrogens (tertiary/aromatic N) is 1. The maximum atomic E-state index is 16.0. The van der Waals surface area contributed by atoms with Gasteiger partial charge in [0, 0.05) is 31.9 Å². The number of amides is 1. The third kappa shape index (κ3) is 8.85. The van der Waals surface area contributed by atoms with Crippen LogP contribution in [0.5, 0.6) is 0 Å². The van der Waals surface area contributed by atoms with E-state index in [4.69, 9.17) is 0 Å². The molecule has 0 aromatic heterocycles. The Morgan fingerprint density at radius 2 is 1.76 bits per heavy atom. The van der Waals surface area contributed by atoms with Gasteiger partial charge in [0.1, 0.15) is 5.82 Å². The van der Waals surface area contributed by atoms with E-state index in [0.717, 1.165) is 11.6 Å². The summed E-state index contributed by atoms with van der Waals surface area (Å²) >= 11 is 0. The molecule has 1 saturated heterocycles. The van der Waals surface area contributed by atoms with Crippen LogP contribution in [0.1, 0.15) is 46.8 Å². The normalized spacial score (nSPS) is 17.0. The number of hydrogen-bond acceptors (Lipinski definition) is 7. The average molecular weight is 657 g/mol. The van der Waals surface area contributed by atoms with Gasteiger partial charge in [-0.25, -0.2) is 8.78 Å². The second-order valence-electron chi connectivity index (χ2n) is 10.8. The zero-order valence-corrected chi connectivity index (χ0v) is 25.4. The van der Waals surface area contributed by atoms with Crippen molar-refractivity contribution in [2.75, 3.05) is 35.0 Å². The molecule has 0 saturated carbocycles. The zero-order chi connectivity index (χ0) is 32.8. The van der Waals surface area contributed by atoms with Gasteiger partial charge in [0.05, 0.1) is 34.7 Å². The van der Waals surface area contributed by atoms with Crippen molar-refractivity contribution in [3.63, 3.8) is 0 Å². The van der Waals surface area contributed by atoms with E-state index in [9.17, 15) is 36.6 Å². The second-order valence-corrected chi connectivity index (χ2v) is 12.9. The highest BCUT2D eigenvalue weighted by atomic mass is 32.3. The van der Waals surface area contributed by atoms with Crippen LogP contribution in [0, 0.1) is 11.6 Å². The number of benzene rings is 3. The molecule has 0 spiro atoms. The van der Waals surface area contributed by atoms with Gasteiger partial charge >= 0.3 is 6.18 Å². The molecule has 1 aliphatic heterocycles. The van der Waals surface area contributed by atoms with Crippen LogP contribution in [0.3, 0.4) is 0 Å². The minimum absolute atomic E-state index is 0.0766. The van der Waals surface area contributed by atoms with Crippen LogP contribution in [0.25, 0.3) is 0 Å². The molecule has 4 rings (SSSR count). The molecule has 3 aromatic carbocycles. The number of alkyl halides is 3. The molecule has 0 aliphatic carbocycles. The van der Waals surface area contributed by atoms with Crippen molar-refractivity contribution in [3.8, 4) is 0 Å². The number of rotatable bonds is 12. The van der Waals surface area contributed by atoms with Crippen LogP contribution in [-0.2, 0) is 19.1 Å². The first-order chi connectivity index (χ1) is 21.3. The van der Waals surface area contributed by atoms with Crippen molar-refractivity contribution in [3.05, 3.63) is 94.6 Å². The number of hydrogen-bond donors (Lipinski definition) is 6. The lowest BCUT2D eigenvalue weighted by atomic mass is 10.00. The molecular weight excluding hydrogens is 619 g/mol. The molecule has 246 valence electrons. The average Bonchev–Trinajstić information content (AvgIpc) is 2.98. The highest BCUT2D eigenvalue weighted by Crippen LogP contribution is 2.51. The maximum Gasteiger partial charge on any atom is 0.419 e. The summed E-state index contributed by atoms with van der Waals surface area (Å²) in [6.45, 7) is 2.15. The lowest BCUT2D eigenvalue weighted by Crippen LogP contribution is -2.49. The van der Waals surface area contributed by atoms with E-state index in [1.807, 2.05) is 6.92 Å². The minimum Gasteiger partial charge on any atom is -0.390 e. The number of aliphatic hydroxyl groups is 1. The fourth-order valence-corrected chi connectivity index (χ4v) is 6.83. The molecule has 14 heteroatoms. The predicted molar refractivity (Wildman–Crippen MR) is 165 cm³/mol. The highest BCUT2D eigenvalue weighted by Gasteiger charge is 2.34. The molecule has 1 heterocycles. The third-order valence-electron chi connectivity index (χ3n) is 7.43. The summed E-state index contributed by atoms with van der Waals surface area (Å²) in [5, 5.41) is 19.7. The third-order valence-corrected chi connectivity index (χ3v) is 9.35. The first-order valence-corrected chi connectivity index (χ1v) is 16.2. The van der Waals surface area contributed by atoms with Gasteiger partial charge in [-0.1, -0.05) is 36.4 Å².